The van der Waals surface area contributed by atoms with Crippen molar-refractivity contribution in [1.82, 2.24) is 14.5 Å². The molecule has 3 amide bonds. The zero-order valence-electron chi connectivity index (χ0n) is 19.9. The molecule has 188 valence electrons. The van der Waals surface area contributed by atoms with E-state index in [-0.39, 0.29) is 48.2 Å². The van der Waals surface area contributed by atoms with Crippen LogP contribution < -0.4 is 5.32 Å². The molecule has 3 rings (SSSR count). The summed E-state index contributed by atoms with van der Waals surface area (Å²) in [5.41, 5.74) is 1.00. The largest absolute Gasteiger partial charge is 0.354 e. The molecule has 0 unspecified atom stereocenters. The number of halogens is 1. The summed E-state index contributed by atoms with van der Waals surface area (Å²) in [6.45, 7) is 4.37. The molecule has 1 aliphatic rings. The maximum Gasteiger partial charge on any atom is 0.269 e. The number of sulfonamides is 1. The monoisotopic (exact) mass is 563 g/mol. The van der Waals surface area contributed by atoms with Crippen LogP contribution >= 0.6 is 15.9 Å². The molecule has 1 atom stereocenters. The van der Waals surface area contributed by atoms with Crippen molar-refractivity contribution in [2.45, 2.75) is 57.0 Å². The Labute approximate surface area is 214 Å². The second-order valence-electron chi connectivity index (χ2n) is 8.45. The maximum atomic E-state index is 13.2. The fourth-order valence-electron chi connectivity index (χ4n) is 3.92. The van der Waals surface area contributed by atoms with E-state index in [1.165, 1.54) is 17.0 Å². The van der Waals surface area contributed by atoms with Crippen molar-refractivity contribution in [3.05, 3.63) is 64.1 Å². The van der Waals surface area contributed by atoms with E-state index in [1.807, 2.05) is 31.2 Å². The SMILES string of the molecule is CCCCNC(=O)[C@@H](C)N(Cc1cccc(Br)c1)C(=O)CCCN1C(=O)c2ccccc2S1(=O)=O. The van der Waals surface area contributed by atoms with Crippen molar-refractivity contribution in [3.63, 3.8) is 0 Å². The van der Waals surface area contributed by atoms with Gasteiger partial charge < -0.3 is 10.2 Å². The van der Waals surface area contributed by atoms with Crippen LogP contribution in [0.2, 0.25) is 0 Å². The number of amides is 3. The van der Waals surface area contributed by atoms with Crippen LogP contribution in [0.5, 0.6) is 0 Å². The Morgan fingerprint density at radius 3 is 2.54 bits per heavy atom. The van der Waals surface area contributed by atoms with Gasteiger partial charge in [0.05, 0.1) is 5.56 Å². The van der Waals surface area contributed by atoms with Crippen LogP contribution in [-0.4, -0.2) is 54.5 Å². The molecule has 8 nitrogen and oxygen atoms in total. The number of fused-ring (bicyclic) bond motifs is 1. The number of hydrogen-bond donors (Lipinski definition) is 1. The Morgan fingerprint density at radius 1 is 1.11 bits per heavy atom. The lowest BCUT2D eigenvalue weighted by atomic mass is 10.1. The Balaban J connectivity index is 1.69. The third kappa shape index (κ3) is 6.29. The highest BCUT2D eigenvalue weighted by Crippen LogP contribution is 2.30. The minimum Gasteiger partial charge on any atom is -0.354 e. The molecule has 2 aromatic rings. The minimum atomic E-state index is -3.92. The fraction of sp³-hybridized carbons (Fsp3) is 0.400. The molecule has 0 saturated heterocycles. The Kier molecular flexibility index (Phi) is 9.07. The van der Waals surface area contributed by atoms with Gasteiger partial charge in [-0.2, -0.15) is 0 Å². The molecule has 1 N–H and O–H groups in total. The van der Waals surface area contributed by atoms with Crippen LogP contribution in [0.4, 0.5) is 0 Å². The first-order valence-electron chi connectivity index (χ1n) is 11.6. The maximum absolute atomic E-state index is 13.2. The van der Waals surface area contributed by atoms with Gasteiger partial charge in [-0.1, -0.05) is 53.5 Å². The molecule has 10 heteroatoms. The molecule has 0 radical (unpaired) electrons. The molecule has 1 heterocycles. The number of nitrogens with zero attached hydrogens (tertiary/aromatic N) is 2. The Morgan fingerprint density at radius 2 is 1.86 bits per heavy atom. The van der Waals surface area contributed by atoms with Gasteiger partial charge in [-0.05, 0) is 49.6 Å². The van der Waals surface area contributed by atoms with Gasteiger partial charge >= 0.3 is 0 Å². The van der Waals surface area contributed by atoms with E-state index in [2.05, 4.69) is 21.2 Å². The number of carbonyl (C=O) groups excluding carboxylic acids is 3. The summed E-state index contributed by atoms with van der Waals surface area (Å²) >= 11 is 3.43. The number of nitrogens with one attached hydrogen (secondary N) is 1. The summed E-state index contributed by atoms with van der Waals surface area (Å²) < 4.78 is 27.2. The van der Waals surface area contributed by atoms with E-state index in [0.717, 1.165) is 27.2 Å². The van der Waals surface area contributed by atoms with Gasteiger partial charge in [0.1, 0.15) is 10.9 Å². The smallest absolute Gasteiger partial charge is 0.269 e. The van der Waals surface area contributed by atoms with Gasteiger partial charge in [0.2, 0.25) is 11.8 Å². The van der Waals surface area contributed by atoms with Crippen molar-refractivity contribution in [3.8, 4) is 0 Å². The lowest BCUT2D eigenvalue weighted by Gasteiger charge is -2.29. The average Bonchev–Trinajstić information content (AvgIpc) is 3.02. The van der Waals surface area contributed by atoms with Crippen LogP contribution in [0.25, 0.3) is 0 Å². The van der Waals surface area contributed by atoms with E-state index in [1.54, 1.807) is 19.1 Å². The summed E-state index contributed by atoms with van der Waals surface area (Å²) in [6, 6.07) is 12.9. The van der Waals surface area contributed by atoms with Gasteiger partial charge in [-0.25, -0.2) is 12.7 Å². The lowest BCUT2D eigenvalue weighted by molar-refractivity contribution is -0.140. The number of carbonyl (C=O) groups is 3. The van der Waals surface area contributed by atoms with Crippen molar-refractivity contribution in [2.24, 2.45) is 0 Å². The predicted molar refractivity (Wildman–Crippen MR) is 136 cm³/mol. The molecular formula is C25H30BrN3O5S. The van der Waals surface area contributed by atoms with Gasteiger partial charge in [-0.3, -0.25) is 14.4 Å². The van der Waals surface area contributed by atoms with E-state index >= 15 is 0 Å². The molecule has 35 heavy (non-hydrogen) atoms. The van der Waals surface area contributed by atoms with Crippen molar-refractivity contribution in [2.75, 3.05) is 13.1 Å². The quantitative estimate of drug-likeness (QED) is 0.420. The lowest BCUT2D eigenvalue weighted by Crippen LogP contribution is -2.48. The molecule has 0 spiro atoms. The molecule has 0 bridgehead atoms. The highest BCUT2D eigenvalue weighted by molar-refractivity contribution is 9.10. The first kappa shape index (κ1) is 26.9. The fourth-order valence-corrected chi connectivity index (χ4v) is 5.97. The minimum absolute atomic E-state index is 0.00374. The Hall–Kier alpha value is -2.72. The molecule has 2 aromatic carbocycles. The first-order valence-corrected chi connectivity index (χ1v) is 13.9. The van der Waals surface area contributed by atoms with E-state index in [0.29, 0.717) is 6.54 Å². The summed E-state index contributed by atoms with van der Waals surface area (Å²) in [4.78, 5) is 40.0. The van der Waals surface area contributed by atoms with Gasteiger partial charge in [-0.15, -0.1) is 0 Å². The third-order valence-electron chi connectivity index (χ3n) is 5.90. The first-order chi connectivity index (χ1) is 16.7. The second-order valence-corrected chi connectivity index (χ2v) is 11.2. The van der Waals surface area contributed by atoms with Crippen LogP contribution in [0.15, 0.2) is 57.9 Å². The molecule has 0 aliphatic carbocycles. The number of rotatable bonds is 11. The van der Waals surface area contributed by atoms with Crippen molar-refractivity contribution in [1.29, 1.82) is 0 Å². The van der Waals surface area contributed by atoms with Crippen molar-refractivity contribution >= 4 is 43.7 Å². The Bertz CT molecular complexity index is 1200. The van der Waals surface area contributed by atoms with Gasteiger partial charge in [0.15, 0.2) is 0 Å². The molecule has 0 saturated carbocycles. The van der Waals surface area contributed by atoms with Crippen LogP contribution in [0.3, 0.4) is 0 Å². The highest BCUT2D eigenvalue weighted by Gasteiger charge is 2.40. The summed E-state index contributed by atoms with van der Waals surface area (Å²) in [6.07, 6.45) is 1.93. The zero-order valence-corrected chi connectivity index (χ0v) is 22.3. The normalized spacial score (nSPS) is 14.9. The average molecular weight is 565 g/mol. The number of unbranched alkanes of at least 4 members (excludes halogenated alkanes) is 1. The zero-order chi connectivity index (χ0) is 25.6. The highest BCUT2D eigenvalue weighted by atomic mass is 79.9. The standard InChI is InChI=1S/C25H30BrN3O5S/c1-3-4-14-27-24(31)18(2)28(17-19-9-7-10-20(26)16-19)23(30)13-8-15-29-25(32)21-11-5-6-12-22(21)35(29,33)34/h5-7,9-12,16,18H,3-4,8,13-15,17H2,1-2H3,(H,27,31)/t18-/m1/s1. The van der Waals surface area contributed by atoms with E-state index < -0.39 is 22.0 Å². The topological polar surface area (TPSA) is 104 Å². The van der Waals surface area contributed by atoms with Crippen LogP contribution in [-0.2, 0) is 26.2 Å². The number of hydrogen-bond acceptors (Lipinski definition) is 5. The summed E-state index contributed by atoms with van der Waals surface area (Å²) in [7, 11) is -3.92. The summed E-state index contributed by atoms with van der Waals surface area (Å²) in [5.74, 6) is -1.11. The van der Waals surface area contributed by atoms with Crippen LogP contribution in [0.1, 0.15) is 55.5 Å². The van der Waals surface area contributed by atoms with E-state index in [9.17, 15) is 22.8 Å². The number of benzene rings is 2. The van der Waals surface area contributed by atoms with Gasteiger partial charge in [0.25, 0.3) is 15.9 Å². The molecule has 1 aliphatic heterocycles. The molecule has 0 aromatic heterocycles. The van der Waals surface area contributed by atoms with Gasteiger partial charge in [0, 0.05) is 30.5 Å². The summed E-state index contributed by atoms with van der Waals surface area (Å²) in [5, 5.41) is 2.87. The van der Waals surface area contributed by atoms with E-state index in [4.69, 9.17) is 0 Å². The van der Waals surface area contributed by atoms with Crippen molar-refractivity contribution < 1.29 is 22.8 Å². The third-order valence-corrected chi connectivity index (χ3v) is 8.24. The molecule has 0 fully saturated rings. The van der Waals surface area contributed by atoms with Crippen LogP contribution in [0, 0.1) is 0 Å². The second kappa shape index (κ2) is 11.8. The molecular weight excluding hydrogens is 534 g/mol. The predicted octanol–water partition coefficient (Wildman–Crippen LogP) is 3.71.